The number of benzene rings is 2. The summed E-state index contributed by atoms with van der Waals surface area (Å²) in [4.78, 5) is 23.7. The molecule has 0 saturated heterocycles. The summed E-state index contributed by atoms with van der Waals surface area (Å²) in [5, 5.41) is 1.88. The van der Waals surface area contributed by atoms with E-state index in [9.17, 15) is 9.59 Å². The molecule has 0 aliphatic heterocycles. The van der Waals surface area contributed by atoms with Crippen LogP contribution >= 0.6 is 0 Å². The van der Waals surface area contributed by atoms with Crippen molar-refractivity contribution in [3.8, 4) is 0 Å². The molecule has 0 amide bonds. The van der Waals surface area contributed by atoms with E-state index >= 15 is 0 Å². The summed E-state index contributed by atoms with van der Waals surface area (Å²) in [6.45, 7) is 1.96. The minimum absolute atomic E-state index is 0.441. The normalized spacial score (nSPS) is 11.8. The van der Waals surface area contributed by atoms with Crippen LogP contribution in [0.1, 0.15) is 5.56 Å². The van der Waals surface area contributed by atoms with Crippen LogP contribution < -0.4 is 11.2 Å². The van der Waals surface area contributed by atoms with Crippen molar-refractivity contribution in [2.24, 2.45) is 0 Å². The Morgan fingerprint density at radius 2 is 1.89 bits per heavy atom. The highest BCUT2D eigenvalue weighted by Gasteiger charge is 2.16. The van der Waals surface area contributed by atoms with Gasteiger partial charge >= 0.3 is 11.2 Å². The molecule has 0 radical (unpaired) electrons. The van der Waals surface area contributed by atoms with Crippen molar-refractivity contribution in [1.82, 2.24) is 4.40 Å². The van der Waals surface area contributed by atoms with Gasteiger partial charge in [-0.15, -0.1) is 0 Å². The zero-order chi connectivity index (χ0) is 13.1. The summed E-state index contributed by atoms with van der Waals surface area (Å²) >= 11 is 0. The maximum Gasteiger partial charge on any atom is 0.403 e. The second kappa shape index (κ2) is 3.23. The van der Waals surface area contributed by atoms with Crippen LogP contribution in [-0.2, 0) is 0 Å². The number of aromatic nitrogens is 1. The van der Waals surface area contributed by atoms with Crippen LogP contribution in [0.3, 0.4) is 0 Å². The Morgan fingerprint density at radius 3 is 2.74 bits per heavy atom. The standard InChI is InChI=1S/C15H9NO3/c1-8-5-6-9-10-3-2-4-12-13(10)16(11(9)7-8)14(17)15(18)19-12/h2-7H,1H3. The van der Waals surface area contributed by atoms with E-state index in [2.05, 4.69) is 0 Å². The quantitative estimate of drug-likeness (QED) is 0.451. The van der Waals surface area contributed by atoms with Gasteiger partial charge in [0.05, 0.1) is 5.52 Å². The number of hydrogen-bond acceptors (Lipinski definition) is 3. The summed E-state index contributed by atoms with van der Waals surface area (Å²) in [5.74, 6) is 0. The largest absolute Gasteiger partial charge is 0.417 e. The van der Waals surface area contributed by atoms with Gasteiger partial charge in [0.2, 0.25) is 0 Å². The maximum atomic E-state index is 12.1. The lowest BCUT2D eigenvalue weighted by atomic mass is 10.1. The van der Waals surface area contributed by atoms with Gasteiger partial charge in [-0.3, -0.25) is 9.20 Å². The van der Waals surface area contributed by atoms with Crippen molar-refractivity contribution < 1.29 is 4.42 Å². The van der Waals surface area contributed by atoms with E-state index in [4.69, 9.17) is 4.42 Å². The first kappa shape index (κ1) is 10.3. The van der Waals surface area contributed by atoms with Gasteiger partial charge in [-0.05, 0) is 24.6 Å². The Morgan fingerprint density at radius 1 is 1.05 bits per heavy atom. The van der Waals surface area contributed by atoms with Crippen molar-refractivity contribution in [2.75, 3.05) is 0 Å². The van der Waals surface area contributed by atoms with Crippen molar-refractivity contribution >= 4 is 27.4 Å². The monoisotopic (exact) mass is 251 g/mol. The molecule has 2 heterocycles. The highest BCUT2D eigenvalue weighted by atomic mass is 16.4. The lowest BCUT2D eigenvalue weighted by Gasteiger charge is -1.97. The zero-order valence-electron chi connectivity index (χ0n) is 10.1. The average Bonchev–Trinajstić information content (AvgIpc) is 2.71. The van der Waals surface area contributed by atoms with Crippen LogP contribution in [-0.4, -0.2) is 4.40 Å². The number of nitrogens with zero attached hydrogens (tertiary/aromatic N) is 1. The van der Waals surface area contributed by atoms with Gasteiger partial charge in [-0.25, -0.2) is 4.79 Å². The second-order valence-electron chi connectivity index (χ2n) is 4.70. The van der Waals surface area contributed by atoms with Gasteiger partial charge in [0.1, 0.15) is 5.52 Å². The molecular formula is C15H9NO3. The number of rotatable bonds is 0. The molecule has 0 aliphatic carbocycles. The molecule has 4 rings (SSSR count). The molecule has 4 heteroatoms. The van der Waals surface area contributed by atoms with Gasteiger partial charge in [0.25, 0.3) is 0 Å². The predicted molar refractivity (Wildman–Crippen MR) is 73.1 cm³/mol. The topological polar surface area (TPSA) is 51.7 Å². The van der Waals surface area contributed by atoms with Crippen LogP contribution in [0, 0.1) is 6.92 Å². The lowest BCUT2D eigenvalue weighted by molar-refractivity contribution is 0.543. The van der Waals surface area contributed by atoms with E-state index in [1.165, 1.54) is 4.40 Å². The molecule has 0 atom stereocenters. The number of hydrogen-bond donors (Lipinski definition) is 0. The van der Waals surface area contributed by atoms with Crippen molar-refractivity contribution in [3.63, 3.8) is 0 Å². The van der Waals surface area contributed by atoms with E-state index in [1.807, 2.05) is 37.3 Å². The Bertz CT molecular complexity index is 1060. The maximum absolute atomic E-state index is 12.1. The highest BCUT2D eigenvalue weighted by Crippen LogP contribution is 2.30. The molecule has 0 N–H and O–H groups in total. The summed E-state index contributed by atoms with van der Waals surface area (Å²) in [6, 6.07) is 11.3. The van der Waals surface area contributed by atoms with Crippen LogP contribution in [0.4, 0.5) is 0 Å². The third-order valence-corrected chi connectivity index (χ3v) is 3.49. The first-order chi connectivity index (χ1) is 9.16. The molecular weight excluding hydrogens is 242 g/mol. The molecule has 92 valence electrons. The molecule has 0 unspecified atom stereocenters. The highest BCUT2D eigenvalue weighted by molar-refractivity contribution is 6.12. The van der Waals surface area contributed by atoms with Crippen LogP contribution in [0.25, 0.3) is 27.4 Å². The van der Waals surface area contributed by atoms with E-state index in [1.54, 1.807) is 6.07 Å². The summed E-state index contributed by atoms with van der Waals surface area (Å²) in [6.07, 6.45) is 0. The molecule has 4 aromatic rings. The Kier molecular flexibility index (Phi) is 1.75. The van der Waals surface area contributed by atoms with E-state index in [0.29, 0.717) is 11.1 Å². The van der Waals surface area contributed by atoms with Gasteiger partial charge in [0, 0.05) is 10.8 Å². The fourth-order valence-electron chi connectivity index (χ4n) is 2.67. The average molecular weight is 251 g/mol. The minimum Gasteiger partial charge on any atom is -0.417 e. The molecule has 4 nitrogen and oxygen atoms in total. The van der Waals surface area contributed by atoms with Crippen molar-refractivity contribution in [3.05, 3.63) is 62.7 Å². The fourth-order valence-corrected chi connectivity index (χ4v) is 2.67. The van der Waals surface area contributed by atoms with E-state index in [-0.39, 0.29) is 0 Å². The molecule has 2 aromatic heterocycles. The first-order valence-electron chi connectivity index (χ1n) is 5.97. The fraction of sp³-hybridized carbons (Fsp3) is 0.0667. The number of para-hydroxylation sites is 1. The first-order valence-corrected chi connectivity index (χ1v) is 5.97. The third-order valence-electron chi connectivity index (χ3n) is 3.49. The van der Waals surface area contributed by atoms with Gasteiger partial charge in [-0.2, -0.15) is 0 Å². The van der Waals surface area contributed by atoms with Crippen LogP contribution in [0.2, 0.25) is 0 Å². The molecule has 0 spiro atoms. The van der Waals surface area contributed by atoms with E-state index in [0.717, 1.165) is 21.9 Å². The van der Waals surface area contributed by atoms with Gasteiger partial charge < -0.3 is 4.42 Å². The molecule has 0 fully saturated rings. The van der Waals surface area contributed by atoms with Crippen molar-refractivity contribution in [2.45, 2.75) is 6.92 Å². The number of aryl methyl sites for hydroxylation is 1. The molecule has 0 aliphatic rings. The van der Waals surface area contributed by atoms with Gasteiger partial charge in [0.15, 0.2) is 5.58 Å². The Labute approximate surface area is 106 Å². The smallest absolute Gasteiger partial charge is 0.403 e. The van der Waals surface area contributed by atoms with Crippen LogP contribution in [0.5, 0.6) is 0 Å². The Hall–Kier alpha value is -2.62. The van der Waals surface area contributed by atoms with Crippen molar-refractivity contribution in [1.29, 1.82) is 0 Å². The molecule has 19 heavy (non-hydrogen) atoms. The summed E-state index contributed by atoms with van der Waals surface area (Å²) < 4.78 is 6.52. The summed E-state index contributed by atoms with van der Waals surface area (Å²) in [5.41, 5.74) is 1.44. The second-order valence-corrected chi connectivity index (χ2v) is 4.70. The summed E-state index contributed by atoms with van der Waals surface area (Å²) in [7, 11) is 0. The predicted octanol–water partition coefficient (Wildman–Crippen LogP) is 2.31. The minimum atomic E-state index is -0.834. The molecule has 0 saturated carbocycles. The lowest BCUT2D eigenvalue weighted by Crippen LogP contribution is -2.29. The molecule has 2 aromatic carbocycles. The Balaban J connectivity index is 2.55. The molecule has 0 bridgehead atoms. The zero-order valence-corrected chi connectivity index (χ0v) is 10.1. The van der Waals surface area contributed by atoms with Crippen LogP contribution in [0.15, 0.2) is 50.4 Å². The number of fused-ring (bicyclic) bond motifs is 3. The van der Waals surface area contributed by atoms with Gasteiger partial charge in [-0.1, -0.05) is 24.3 Å². The third kappa shape index (κ3) is 1.18. The van der Waals surface area contributed by atoms with E-state index < -0.39 is 11.2 Å². The SMILES string of the molecule is Cc1ccc2c3cccc4oc(=O)c(=O)n(c2c1)c43.